The second-order valence-electron chi connectivity index (χ2n) is 5.36. The molecule has 1 aliphatic rings. The number of ether oxygens (including phenoxy) is 2. The molecule has 0 amide bonds. The third kappa shape index (κ3) is 7.46. The van der Waals surface area contributed by atoms with Gasteiger partial charge in [-0.15, -0.1) is 0 Å². The molecule has 1 aromatic rings. The van der Waals surface area contributed by atoms with Crippen molar-refractivity contribution in [3.05, 3.63) is 40.3 Å². The third-order valence-electron chi connectivity index (χ3n) is 3.41. The van der Waals surface area contributed by atoms with Crippen LogP contribution >= 0.6 is 11.6 Å². The molecule has 1 heterocycles. The number of hydrogen-bond acceptors (Lipinski definition) is 4. The van der Waals surface area contributed by atoms with E-state index in [9.17, 15) is 8.42 Å². The van der Waals surface area contributed by atoms with Crippen LogP contribution in [0.3, 0.4) is 0 Å². The first-order valence-electron chi connectivity index (χ1n) is 7.68. The van der Waals surface area contributed by atoms with Gasteiger partial charge in [0.15, 0.2) is 0 Å². The van der Waals surface area contributed by atoms with E-state index in [1.165, 1.54) is 6.08 Å². The van der Waals surface area contributed by atoms with Crippen molar-refractivity contribution in [1.82, 2.24) is 4.72 Å². The standard InChI is InChI=1S/C16H22ClNO4S/c17-15-6-4-14(5-7-15)8-12-23(19,20)18-9-2-10-21-13-16-3-1-11-22-16/h4-8,12,16,18H,1-3,9-11,13H2/b12-8+. The molecule has 2 rings (SSSR count). The summed E-state index contributed by atoms with van der Waals surface area (Å²) in [6, 6.07) is 6.94. The fraction of sp³-hybridized carbons (Fsp3) is 0.500. The summed E-state index contributed by atoms with van der Waals surface area (Å²) < 4.78 is 37.1. The lowest BCUT2D eigenvalue weighted by Gasteiger charge is -2.09. The van der Waals surface area contributed by atoms with Crippen molar-refractivity contribution in [2.45, 2.75) is 25.4 Å². The second kappa shape index (κ2) is 9.39. The highest BCUT2D eigenvalue weighted by Crippen LogP contribution is 2.12. The van der Waals surface area contributed by atoms with Gasteiger partial charge in [-0.2, -0.15) is 0 Å². The van der Waals surface area contributed by atoms with Crippen LogP contribution in [0, 0.1) is 0 Å². The molecule has 0 radical (unpaired) electrons. The number of rotatable bonds is 9. The van der Waals surface area contributed by atoms with E-state index in [4.69, 9.17) is 21.1 Å². The zero-order chi connectivity index (χ0) is 16.5. The molecular weight excluding hydrogens is 338 g/mol. The smallest absolute Gasteiger partial charge is 0.233 e. The summed E-state index contributed by atoms with van der Waals surface area (Å²) >= 11 is 5.78. The summed E-state index contributed by atoms with van der Waals surface area (Å²) in [6.45, 7) is 2.26. The number of halogens is 1. The van der Waals surface area contributed by atoms with Crippen molar-refractivity contribution in [2.75, 3.05) is 26.4 Å². The topological polar surface area (TPSA) is 64.6 Å². The van der Waals surface area contributed by atoms with Gasteiger partial charge in [-0.05, 0) is 43.0 Å². The first kappa shape index (κ1) is 18.4. The molecule has 5 nitrogen and oxygen atoms in total. The van der Waals surface area contributed by atoms with E-state index in [2.05, 4.69) is 4.72 Å². The molecule has 128 valence electrons. The first-order chi connectivity index (χ1) is 11.1. The molecule has 7 heteroatoms. The molecule has 1 aromatic carbocycles. The van der Waals surface area contributed by atoms with Crippen molar-refractivity contribution in [2.24, 2.45) is 0 Å². The SMILES string of the molecule is O=S(=O)(/C=C/c1ccc(Cl)cc1)NCCCOCC1CCCO1. The van der Waals surface area contributed by atoms with Gasteiger partial charge >= 0.3 is 0 Å². The highest BCUT2D eigenvalue weighted by Gasteiger charge is 2.14. The molecule has 1 unspecified atom stereocenters. The molecule has 0 spiro atoms. The minimum absolute atomic E-state index is 0.203. The summed E-state index contributed by atoms with van der Waals surface area (Å²) in [7, 11) is -3.44. The lowest BCUT2D eigenvalue weighted by molar-refractivity contribution is 0.0169. The quantitative estimate of drug-likeness (QED) is 0.688. The molecule has 1 aliphatic heterocycles. The second-order valence-corrected chi connectivity index (χ2v) is 7.44. The molecule has 1 fully saturated rings. The van der Waals surface area contributed by atoms with Crippen LogP contribution in [0.25, 0.3) is 6.08 Å². The van der Waals surface area contributed by atoms with Crippen molar-refractivity contribution in [3.8, 4) is 0 Å². The maximum atomic E-state index is 11.8. The molecule has 0 aromatic heterocycles. The van der Waals surface area contributed by atoms with E-state index in [0.717, 1.165) is 30.4 Å². The van der Waals surface area contributed by atoms with Gasteiger partial charge in [-0.3, -0.25) is 0 Å². The van der Waals surface area contributed by atoms with Gasteiger partial charge in [-0.25, -0.2) is 13.1 Å². The summed E-state index contributed by atoms with van der Waals surface area (Å²) in [5.74, 6) is 0. The summed E-state index contributed by atoms with van der Waals surface area (Å²) in [6.07, 6.45) is 4.50. The van der Waals surface area contributed by atoms with Crippen molar-refractivity contribution < 1.29 is 17.9 Å². The highest BCUT2D eigenvalue weighted by atomic mass is 35.5. The molecule has 1 atom stereocenters. The average Bonchev–Trinajstić information content (AvgIpc) is 3.03. The van der Waals surface area contributed by atoms with E-state index >= 15 is 0 Å². The normalized spacial score (nSPS) is 18.7. The molecule has 1 N–H and O–H groups in total. The molecule has 0 bridgehead atoms. The monoisotopic (exact) mass is 359 g/mol. The van der Waals surface area contributed by atoms with E-state index < -0.39 is 10.0 Å². The number of hydrogen-bond donors (Lipinski definition) is 1. The maximum absolute atomic E-state index is 11.8. The Morgan fingerprint density at radius 2 is 2.13 bits per heavy atom. The first-order valence-corrected chi connectivity index (χ1v) is 9.60. The van der Waals surface area contributed by atoms with Gasteiger partial charge < -0.3 is 9.47 Å². The lowest BCUT2D eigenvalue weighted by Crippen LogP contribution is -2.24. The molecule has 1 saturated heterocycles. The fourth-order valence-corrected chi connectivity index (χ4v) is 3.16. The van der Waals surface area contributed by atoms with Crippen molar-refractivity contribution >= 4 is 27.7 Å². The Kier molecular flexibility index (Phi) is 7.52. The van der Waals surface area contributed by atoms with Crippen LogP contribution < -0.4 is 4.72 Å². The van der Waals surface area contributed by atoms with Gasteiger partial charge in [0.2, 0.25) is 10.0 Å². The Hall–Kier alpha value is -0.920. The Bertz CT molecular complexity index is 595. The Morgan fingerprint density at radius 3 is 2.83 bits per heavy atom. The van der Waals surface area contributed by atoms with Gasteiger partial charge in [0.1, 0.15) is 0 Å². The van der Waals surface area contributed by atoms with Crippen molar-refractivity contribution in [3.63, 3.8) is 0 Å². The minimum Gasteiger partial charge on any atom is -0.379 e. The Balaban J connectivity index is 1.62. The molecule has 23 heavy (non-hydrogen) atoms. The average molecular weight is 360 g/mol. The van der Waals surface area contributed by atoms with Crippen molar-refractivity contribution in [1.29, 1.82) is 0 Å². The zero-order valence-corrected chi connectivity index (χ0v) is 14.5. The predicted octanol–water partition coefficient (Wildman–Crippen LogP) is 2.82. The minimum atomic E-state index is -3.44. The summed E-state index contributed by atoms with van der Waals surface area (Å²) in [5.41, 5.74) is 0.777. The van der Waals surface area contributed by atoms with Crippen LogP contribution in [-0.2, 0) is 19.5 Å². The van der Waals surface area contributed by atoms with Crippen LogP contribution in [-0.4, -0.2) is 40.9 Å². The number of benzene rings is 1. The molecule has 0 aliphatic carbocycles. The predicted molar refractivity (Wildman–Crippen MR) is 91.8 cm³/mol. The van der Waals surface area contributed by atoms with Crippen LogP contribution in [0.4, 0.5) is 0 Å². The van der Waals surface area contributed by atoms with Gasteiger partial charge in [-0.1, -0.05) is 23.7 Å². The third-order valence-corrected chi connectivity index (χ3v) is 4.76. The van der Waals surface area contributed by atoms with Gasteiger partial charge in [0.25, 0.3) is 0 Å². The Labute approximate surface area is 142 Å². The lowest BCUT2D eigenvalue weighted by atomic mass is 10.2. The van der Waals surface area contributed by atoms with E-state index in [0.29, 0.717) is 31.2 Å². The van der Waals surface area contributed by atoms with Gasteiger partial charge in [0.05, 0.1) is 12.7 Å². The summed E-state index contributed by atoms with van der Waals surface area (Å²) in [5, 5.41) is 1.77. The van der Waals surface area contributed by atoms with Crippen LogP contribution in [0.15, 0.2) is 29.7 Å². The fourth-order valence-electron chi connectivity index (χ4n) is 2.17. The zero-order valence-electron chi connectivity index (χ0n) is 12.9. The number of sulfonamides is 1. The van der Waals surface area contributed by atoms with E-state index in [1.807, 2.05) is 0 Å². The van der Waals surface area contributed by atoms with Gasteiger partial charge in [0, 0.05) is 30.2 Å². The van der Waals surface area contributed by atoms with E-state index in [-0.39, 0.29) is 6.10 Å². The van der Waals surface area contributed by atoms with Crippen LogP contribution in [0.1, 0.15) is 24.8 Å². The molecule has 0 saturated carbocycles. The van der Waals surface area contributed by atoms with E-state index in [1.54, 1.807) is 24.3 Å². The highest BCUT2D eigenvalue weighted by molar-refractivity contribution is 7.92. The Morgan fingerprint density at radius 1 is 1.35 bits per heavy atom. The maximum Gasteiger partial charge on any atom is 0.233 e. The van der Waals surface area contributed by atoms with Crippen LogP contribution in [0.2, 0.25) is 5.02 Å². The van der Waals surface area contributed by atoms with Crippen LogP contribution in [0.5, 0.6) is 0 Å². The summed E-state index contributed by atoms with van der Waals surface area (Å²) in [4.78, 5) is 0. The largest absolute Gasteiger partial charge is 0.379 e. The molecular formula is C16H22ClNO4S. The number of nitrogens with one attached hydrogen (secondary N) is 1.